The first kappa shape index (κ1) is 30.2. The Kier molecular flexibility index (Phi) is 10.8. The third-order valence-electron chi connectivity index (χ3n) is 7.09. The molecule has 214 valence electrons. The van der Waals surface area contributed by atoms with Gasteiger partial charge >= 0.3 is 0 Å². The number of nitrogens with zero attached hydrogens (tertiary/aromatic N) is 2. The molecule has 7 nitrogen and oxygen atoms in total. The molecule has 0 saturated heterocycles. The first-order valence-corrected chi connectivity index (χ1v) is 15.9. The zero-order valence-electron chi connectivity index (χ0n) is 24.3. The van der Waals surface area contributed by atoms with E-state index in [9.17, 15) is 4.21 Å². The first-order chi connectivity index (χ1) is 19.3. The number of aryl methyl sites for hydroxylation is 6. The van der Waals surface area contributed by atoms with E-state index in [1.54, 1.807) is 11.9 Å². The average molecular weight is 581 g/mol. The minimum atomic E-state index is -1.25. The highest BCUT2D eigenvalue weighted by Crippen LogP contribution is 2.32. The normalized spacial score (nSPS) is 12.2. The maximum Gasteiger partial charge on any atom is 0.141 e. The van der Waals surface area contributed by atoms with Gasteiger partial charge in [-0.05, 0) is 101 Å². The molecule has 0 bridgehead atoms. The molecule has 4 aromatic rings. The van der Waals surface area contributed by atoms with Gasteiger partial charge in [-0.3, -0.25) is 4.72 Å². The van der Waals surface area contributed by atoms with E-state index in [0.717, 1.165) is 88.0 Å². The molecule has 0 aliphatic heterocycles. The van der Waals surface area contributed by atoms with Gasteiger partial charge in [0.25, 0.3) is 0 Å². The molecular formula is C31H40N4O3S2. The molecular weight excluding hydrogens is 541 g/mol. The second kappa shape index (κ2) is 14.3. The van der Waals surface area contributed by atoms with Crippen molar-refractivity contribution < 1.29 is 13.3 Å². The van der Waals surface area contributed by atoms with E-state index in [1.807, 2.05) is 52.8 Å². The minimum absolute atomic E-state index is 0.733. The summed E-state index contributed by atoms with van der Waals surface area (Å²) in [5, 5.41) is 8.14. The van der Waals surface area contributed by atoms with E-state index < -0.39 is 11.0 Å². The summed E-state index contributed by atoms with van der Waals surface area (Å²) in [7, 11) is -1.25. The standard InChI is InChI=1S/C31H40N4O3S2/c1-20-12-14-26(30-22(3)34-37-24(30)5)18-28(20)39-32-16-10-8-7-9-11-17-33-40(36)29-19-27(15-13-21(29)2)31-23(4)35-38-25(31)6/h12-15,18-19,32-33H,7-11,16-17H2,1-6H3. The fraction of sp³-hybridized carbons (Fsp3) is 0.419. The molecule has 2 heterocycles. The number of unbranched alkanes of at least 4 members (excludes halogenated alkanes) is 4. The van der Waals surface area contributed by atoms with Crippen molar-refractivity contribution in [2.75, 3.05) is 13.1 Å². The molecule has 0 saturated carbocycles. The van der Waals surface area contributed by atoms with E-state index >= 15 is 0 Å². The Morgan fingerprint density at radius 1 is 0.725 bits per heavy atom. The van der Waals surface area contributed by atoms with E-state index in [-0.39, 0.29) is 0 Å². The third-order valence-corrected chi connectivity index (χ3v) is 9.40. The molecule has 0 spiro atoms. The Balaban J connectivity index is 1.13. The van der Waals surface area contributed by atoms with Crippen LogP contribution in [-0.4, -0.2) is 27.6 Å². The SMILES string of the molecule is Cc1ccc(-c2c(C)noc2C)cc1SNCCCCCCCNS(=O)c1cc(-c2c(C)noc2C)ccc1C. The Bertz CT molecular complexity index is 1420. The molecule has 0 fully saturated rings. The number of hydrogen-bond acceptors (Lipinski definition) is 7. The second-order valence-corrected chi connectivity index (χ2v) is 12.5. The number of aromatic nitrogens is 2. The Morgan fingerprint density at radius 2 is 1.27 bits per heavy atom. The highest BCUT2D eigenvalue weighted by Gasteiger charge is 2.15. The molecule has 0 amide bonds. The molecule has 0 aliphatic carbocycles. The second-order valence-electron chi connectivity index (χ2n) is 10.3. The van der Waals surface area contributed by atoms with E-state index in [0.29, 0.717) is 0 Å². The fourth-order valence-electron chi connectivity index (χ4n) is 4.84. The molecule has 0 radical (unpaired) electrons. The van der Waals surface area contributed by atoms with E-state index in [2.05, 4.69) is 44.9 Å². The third kappa shape index (κ3) is 7.51. The van der Waals surface area contributed by atoms with Crippen LogP contribution in [-0.2, 0) is 11.0 Å². The predicted molar refractivity (Wildman–Crippen MR) is 164 cm³/mol. The number of benzene rings is 2. The van der Waals surface area contributed by atoms with E-state index in [4.69, 9.17) is 9.05 Å². The monoisotopic (exact) mass is 580 g/mol. The zero-order valence-corrected chi connectivity index (χ0v) is 26.0. The van der Waals surface area contributed by atoms with Crippen molar-refractivity contribution in [1.82, 2.24) is 19.8 Å². The average Bonchev–Trinajstić information content (AvgIpc) is 3.45. The van der Waals surface area contributed by atoms with Crippen molar-refractivity contribution in [1.29, 1.82) is 0 Å². The topological polar surface area (TPSA) is 93.2 Å². The van der Waals surface area contributed by atoms with Crippen LogP contribution < -0.4 is 9.44 Å². The van der Waals surface area contributed by atoms with Gasteiger partial charge in [0.05, 0.1) is 16.3 Å². The summed E-state index contributed by atoms with van der Waals surface area (Å²) in [6.07, 6.45) is 5.59. The summed E-state index contributed by atoms with van der Waals surface area (Å²) >= 11 is 1.69. The molecule has 1 atom stereocenters. The van der Waals surface area contributed by atoms with Crippen LogP contribution in [0.1, 0.15) is 66.1 Å². The Hall–Kier alpha value is -2.72. The fourth-order valence-corrected chi connectivity index (χ4v) is 6.73. The molecule has 2 N–H and O–H groups in total. The first-order valence-electron chi connectivity index (χ1n) is 13.9. The lowest BCUT2D eigenvalue weighted by Gasteiger charge is -2.10. The maximum atomic E-state index is 13.0. The zero-order chi connectivity index (χ0) is 28.6. The minimum Gasteiger partial charge on any atom is -0.361 e. The Morgan fingerprint density at radius 3 is 1.88 bits per heavy atom. The summed E-state index contributed by atoms with van der Waals surface area (Å²) in [5.41, 5.74) is 8.22. The van der Waals surface area contributed by atoms with Gasteiger partial charge in [-0.15, -0.1) is 0 Å². The summed E-state index contributed by atoms with van der Waals surface area (Å²) in [6.45, 7) is 13.6. The lowest BCUT2D eigenvalue weighted by atomic mass is 10.0. The van der Waals surface area contributed by atoms with Gasteiger partial charge in [0.15, 0.2) is 0 Å². The molecule has 0 aliphatic rings. The number of rotatable bonds is 14. The largest absolute Gasteiger partial charge is 0.361 e. The lowest BCUT2D eigenvalue weighted by molar-refractivity contribution is 0.393. The molecule has 2 aromatic carbocycles. The Labute approximate surface area is 244 Å². The highest BCUT2D eigenvalue weighted by atomic mass is 32.2. The van der Waals surface area contributed by atoms with Crippen LogP contribution in [0.5, 0.6) is 0 Å². The van der Waals surface area contributed by atoms with Crippen molar-refractivity contribution in [3.8, 4) is 22.3 Å². The lowest BCUT2D eigenvalue weighted by Crippen LogP contribution is -2.19. The van der Waals surface area contributed by atoms with Gasteiger partial charge in [0.2, 0.25) is 0 Å². The van der Waals surface area contributed by atoms with Crippen molar-refractivity contribution in [3.63, 3.8) is 0 Å². The van der Waals surface area contributed by atoms with Gasteiger partial charge in [0.1, 0.15) is 22.5 Å². The molecule has 2 aromatic heterocycles. The summed E-state index contributed by atoms with van der Waals surface area (Å²) in [5.74, 6) is 1.63. The van der Waals surface area contributed by atoms with Gasteiger partial charge < -0.3 is 9.05 Å². The maximum absolute atomic E-state index is 13.0. The molecule has 1 unspecified atom stereocenters. The van der Waals surface area contributed by atoms with Gasteiger partial charge in [-0.25, -0.2) is 8.93 Å². The number of hydrogen-bond donors (Lipinski definition) is 2. The predicted octanol–water partition coefficient (Wildman–Crippen LogP) is 7.71. The van der Waals surface area contributed by atoms with Crippen molar-refractivity contribution >= 4 is 22.9 Å². The van der Waals surface area contributed by atoms with Crippen LogP contribution in [0, 0.1) is 41.5 Å². The van der Waals surface area contributed by atoms with Crippen LogP contribution >= 0.6 is 11.9 Å². The quantitative estimate of drug-likeness (QED) is 0.117. The smallest absolute Gasteiger partial charge is 0.141 e. The van der Waals surface area contributed by atoms with Crippen molar-refractivity contribution in [3.05, 3.63) is 70.4 Å². The summed E-state index contributed by atoms with van der Waals surface area (Å²) in [4.78, 5) is 2.04. The van der Waals surface area contributed by atoms with Gasteiger partial charge in [-0.2, -0.15) is 0 Å². The van der Waals surface area contributed by atoms with Crippen LogP contribution in [0.25, 0.3) is 22.3 Å². The van der Waals surface area contributed by atoms with Crippen LogP contribution in [0.4, 0.5) is 0 Å². The molecule has 40 heavy (non-hydrogen) atoms. The summed E-state index contributed by atoms with van der Waals surface area (Å²) in [6, 6.07) is 12.5. The van der Waals surface area contributed by atoms with Crippen molar-refractivity contribution in [2.45, 2.75) is 83.4 Å². The van der Waals surface area contributed by atoms with Crippen molar-refractivity contribution in [2.24, 2.45) is 0 Å². The van der Waals surface area contributed by atoms with Crippen LogP contribution in [0.3, 0.4) is 0 Å². The number of nitrogens with one attached hydrogen (secondary N) is 2. The molecule has 4 rings (SSSR count). The van der Waals surface area contributed by atoms with Gasteiger partial charge in [-0.1, -0.05) is 53.8 Å². The highest BCUT2D eigenvalue weighted by molar-refractivity contribution is 7.97. The van der Waals surface area contributed by atoms with Crippen LogP contribution in [0.2, 0.25) is 0 Å². The summed E-state index contributed by atoms with van der Waals surface area (Å²) < 4.78 is 30.4. The van der Waals surface area contributed by atoms with E-state index in [1.165, 1.54) is 23.3 Å². The van der Waals surface area contributed by atoms with Crippen LogP contribution in [0.15, 0.2) is 55.2 Å². The molecule has 9 heteroatoms. The van der Waals surface area contributed by atoms with Gasteiger partial charge in [0, 0.05) is 29.1 Å².